The molecule has 94 valence electrons. The van der Waals surface area contributed by atoms with E-state index in [0.717, 1.165) is 16.9 Å². The van der Waals surface area contributed by atoms with Crippen LogP contribution in [0.25, 0.3) is 0 Å². The van der Waals surface area contributed by atoms with Crippen LogP contribution in [0.4, 0.5) is 0 Å². The normalized spacial score (nSPS) is 12.2. The Morgan fingerprint density at radius 1 is 1.17 bits per heavy atom. The van der Waals surface area contributed by atoms with Crippen molar-refractivity contribution in [2.24, 2.45) is 0 Å². The Morgan fingerprint density at radius 3 is 2.67 bits per heavy atom. The van der Waals surface area contributed by atoms with Crippen LogP contribution >= 0.6 is 11.6 Å². The van der Waals surface area contributed by atoms with Crippen LogP contribution in [0.3, 0.4) is 0 Å². The van der Waals surface area contributed by atoms with Crippen LogP contribution in [0, 0.1) is 0 Å². The predicted molar refractivity (Wildman–Crippen MR) is 72.9 cm³/mol. The molecule has 2 nitrogen and oxygen atoms in total. The van der Waals surface area contributed by atoms with Crippen molar-refractivity contribution in [1.82, 2.24) is 0 Å². The van der Waals surface area contributed by atoms with E-state index in [0.29, 0.717) is 11.6 Å². The van der Waals surface area contributed by atoms with Gasteiger partial charge < -0.3 is 9.84 Å². The van der Waals surface area contributed by atoms with Gasteiger partial charge in [0.15, 0.2) is 0 Å². The summed E-state index contributed by atoms with van der Waals surface area (Å²) in [6.07, 6.45) is -0.492. The minimum absolute atomic E-state index is 0.420. The van der Waals surface area contributed by atoms with E-state index in [2.05, 4.69) is 0 Å². The quantitative estimate of drug-likeness (QED) is 0.903. The average Bonchev–Trinajstić information content (AvgIpc) is 2.38. The molecule has 2 rings (SSSR count). The smallest absolute Gasteiger partial charge is 0.120 e. The maximum Gasteiger partial charge on any atom is 0.120 e. The van der Waals surface area contributed by atoms with Crippen molar-refractivity contribution in [1.29, 1.82) is 0 Å². The van der Waals surface area contributed by atoms with Crippen LogP contribution < -0.4 is 4.74 Å². The highest BCUT2D eigenvalue weighted by Gasteiger charge is 2.04. The van der Waals surface area contributed by atoms with E-state index < -0.39 is 6.10 Å². The molecule has 0 radical (unpaired) electrons. The molecule has 0 aliphatic heterocycles. The Hall–Kier alpha value is -1.51. The first-order chi connectivity index (χ1) is 8.66. The molecule has 0 bridgehead atoms. The summed E-state index contributed by atoms with van der Waals surface area (Å²) in [5, 5.41) is 10.2. The highest BCUT2D eigenvalue weighted by Crippen LogP contribution is 2.21. The van der Waals surface area contributed by atoms with Crippen molar-refractivity contribution in [2.45, 2.75) is 19.6 Å². The molecule has 0 heterocycles. The Labute approximate surface area is 112 Å². The molecule has 1 N–H and O–H groups in total. The monoisotopic (exact) mass is 262 g/mol. The summed E-state index contributed by atoms with van der Waals surface area (Å²) < 4.78 is 5.67. The van der Waals surface area contributed by atoms with Crippen molar-refractivity contribution in [3.63, 3.8) is 0 Å². The maximum atomic E-state index is 9.50. The summed E-state index contributed by atoms with van der Waals surface area (Å²) in [4.78, 5) is 0. The molecule has 0 amide bonds. The number of halogens is 1. The van der Waals surface area contributed by atoms with Gasteiger partial charge in [-0.3, -0.25) is 0 Å². The average molecular weight is 263 g/mol. The molecule has 0 spiro atoms. The van der Waals surface area contributed by atoms with Gasteiger partial charge in [0.25, 0.3) is 0 Å². The zero-order valence-electron chi connectivity index (χ0n) is 10.1. The van der Waals surface area contributed by atoms with E-state index in [9.17, 15) is 5.11 Å². The number of aliphatic hydroxyl groups is 1. The van der Waals surface area contributed by atoms with Crippen molar-refractivity contribution in [3.05, 3.63) is 64.7 Å². The highest BCUT2D eigenvalue weighted by molar-refractivity contribution is 6.31. The van der Waals surface area contributed by atoms with Crippen molar-refractivity contribution in [2.75, 3.05) is 0 Å². The Morgan fingerprint density at radius 2 is 1.94 bits per heavy atom. The fourth-order valence-electron chi connectivity index (χ4n) is 1.64. The zero-order valence-corrected chi connectivity index (χ0v) is 10.9. The van der Waals surface area contributed by atoms with Gasteiger partial charge in [0.1, 0.15) is 12.4 Å². The predicted octanol–water partition coefficient (Wildman–Crippen LogP) is 3.97. The standard InChI is InChI=1S/C15H15ClO2/c1-11(17)12-6-4-7-14(9-12)18-10-13-5-2-3-8-15(13)16/h2-9,11,17H,10H2,1H3/t11-/m0/s1. The lowest BCUT2D eigenvalue weighted by Gasteiger charge is -2.10. The Balaban J connectivity index is 2.07. The molecule has 2 aromatic carbocycles. The molecule has 0 aliphatic carbocycles. The number of rotatable bonds is 4. The van der Waals surface area contributed by atoms with E-state index in [1.54, 1.807) is 6.92 Å². The van der Waals surface area contributed by atoms with Gasteiger partial charge in [-0.05, 0) is 30.7 Å². The van der Waals surface area contributed by atoms with Gasteiger partial charge in [-0.25, -0.2) is 0 Å². The summed E-state index contributed by atoms with van der Waals surface area (Å²) in [5.74, 6) is 0.730. The fourth-order valence-corrected chi connectivity index (χ4v) is 1.83. The van der Waals surface area contributed by atoms with Crippen molar-refractivity contribution < 1.29 is 9.84 Å². The summed E-state index contributed by atoms with van der Waals surface area (Å²) in [6, 6.07) is 15.0. The van der Waals surface area contributed by atoms with E-state index >= 15 is 0 Å². The topological polar surface area (TPSA) is 29.5 Å². The largest absolute Gasteiger partial charge is 0.489 e. The minimum atomic E-state index is -0.492. The highest BCUT2D eigenvalue weighted by atomic mass is 35.5. The van der Waals surface area contributed by atoms with Crippen molar-refractivity contribution in [3.8, 4) is 5.75 Å². The first-order valence-electron chi connectivity index (χ1n) is 5.81. The van der Waals surface area contributed by atoms with E-state index in [1.807, 2.05) is 48.5 Å². The number of aliphatic hydroxyl groups excluding tert-OH is 1. The third-order valence-corrected chi connectivity index (χ3v) is 3.06. The Kier molecular flexibility index (Phi) is 4.24. The number of ether oxygens (including phenoxy) is 1. The van der Waals surface area contributed by atoms with Gasteiger partial charge in [-0.2, -0.15) is 0 Å². The lowest BCUT2D eigenvalue weighted by Crippen LogP contribution is -1.97. The lowest BCUT2D eigenvalue weighted by atomic mass is 10.1. The number of hydrogen-bond donors (Lipinski definition) is 1. The first kappa shape index (κ1) is 12.9. The molecular weight excluding hydrogens is 248 g/mol. The number of hydrogen-bond acceptors (Lipinski definition) is 2. The van der Waals surface area contributed by atoms with Gasteiger partial charge in [-0.15, -0.1) is 0 Å². The fraction of sp³-hybridized carbons (Fsp3) is 0.200. The molecular formula is C15H15ClO2. The van der Waals surface area contributed by atoms with Crippen LogP contribution in [0.1, 0.15) is 24.2 Å². The molecule has 0 aliphatic rings. The molecule has 0 saturated heterocycles. The lowest BCUT2D eigenvalue weighted by molar-refractivity contribution is 0.198. The van der Waals surface area contributed by atoms with Gasteiger partial charge in [-0.1, -0.05) is 41.9 Å². The summed E-state index contributed by atoms with van der Waals surface area (Å²) in [6.45, 7) is 2.15. The van der Waals surface area contributed by atoms with Crippen LogP contribution in [-0.4, -0.2) is 5.11 Å². The maximum absolute atomic E-state index is 9.50. The Bertz CT molecular complexity index is 523. The van der Waals surface area contributed by atoms with E-state index in [4.69, 9.17) is 16.3 Å². The third-order valence-electron chi connectivity index (χ3n) is 2.69. The van der Waals surface area contributed by atoms with Crippen LogP contribution in [0.15, 0.2) is 48.5 Å². The summed E-state index contributed by atoms with van der Waals surface area (Å²) >= 11 is 6.05. The molecule has 0 saturated carbocycles. The molecule has 0 fully saturated rings. The summed E-state index contributed by atoms with van der Waals surface area (Å²) in [5.41, 5.74) is 1.79. The van der Waals surface area contributed by atoms with Gasteiger partial charge in [0.05, 0.1) is 6.10 Å². The number of benzene rings is 2. The zero-order chi connectivity index (χ0) is 13.0. The van der Waals surface area contributed by atoms with E-state index in [-0.39, 0.29) is 0 Å². The second kappa shape index (κ2) is 5.89. The summed E-state index contributed by atoms with van der Waals surface area (Å²) in [7, 11) is 0. The van der Waals surface area contributed by atoms with Gasteiger partial charge in [0, 0.05) is 10.6 Å². The van der Waals surface area contributed by atoms with Crippen LogP contribution in [0.2, 0.25) is 5.02 Å². The second-order valence-corrected chi connectivity index (χ2v) is 4.54. The first-order valence-corrected chi connectivity index (χ1v) is 6.19. The SMILES string of the molecule is C[C@H](O)c1cccc(OCc2ccccc2Cl)c1. The van der Waals surface area contributed by atoms with Gasteiger partial charge >= 0.3 is 0 Å². The molecule has 1 atom stereocenters. The molecule has 3 heteroatoms. The van der Waals surface area contributed by atoms with E-state index in [1.165, 1.54) is 0 Å². The van der Waals surface area contributed by atoms with Crippen molar-refractivity contribution >= 4 is 11.6 Å². The molecule has 2 aromatic rings. The van der Waals surface area contributed by atoms with Gasteiger partial charge in [0.2, 0.25) is 0 Å². The molecule has 0 unspecified atom stereocenters. The molecule has 0 aromatic heterocycles. The second-order valence-electron chi connectivity index (χ2n) is 4.13. The molecule has 18 heavy (non-hydrogen) atoms. The third kappa shape index (κ3) is 3.25. The minimum Gasteiger partial charge on any atom is -0.489 e. The van der Waals surface area contributed by atoms with Crippen LogP contribution in [0.5, 0.6) is 5.75 Å². The van der Waals surface area contributed by atoms with Crippen LogP contribution in [-0.2, 0) is 6.61 Å².